The van der Waals surface area contributed by atoms with Crippen molar-refractivity contribution < 1.29 is 9.53 Å². The maximum absolute atomic E-state index is 11.6. The molecule has 2 unspecified atom stereocenters. The predicted octanol–water partition coefficient (Wildman–Crippen LogP) is 2.59. The van der Waals surface area contributed by atoms with Crippen molar-refractivity contribution in [2.45, 2.75) is 46.1 Å². The molecule has 106 valence electrons. The van der Waals surface area contributed by atoms with Gasteiger partial charge in [-0.1, -0.05) is 39.8 Å². The maximum Gasteiger partial charge on any atom is 0.275 e. The first kappa shape index (κ1) is 15.5. The Morgan fingerprint density at radius 2 is 1.84 bits per heavy atom. The third kappa shape index (κ3) is 4.24. The van der Waals surface area contributed by atoms with Crippen LogP contribution in [-0.4, -0.2) is 12.0 Å². The minimum Gasteiger partial charge on any atom is -0.480 e. The third-order valence-corrected chi connectivity index (χ3v) is 3.33. The summed E-state index contributed by atoms with van der Waals surface area (Å²) in [5.41, 5.74) is 3.42. The highest BCUT2D eigenvalue weighted by Crippen LogP contribution is 2.23. The molecule has 3 N–H and O–H groups in total. The molecule has 0 fully saturated rings. The van der Waals surface area contributed by atoms with E-state index in [1.165, 1.54) is 5.56 Å². The molecule has 0 aliphatic rings. The Hall–Kier alpha value is -1.55. The summed E-state index contributed by atoms with van der Waals surface area (Å²) in [7, 11) is 0. The lowest BCUT2D eigenvalue weighted by Crippen LogP contribution is -2.44. The molecule has 0 saturated carbocycles. The van der Waals surface area contributed by atoms with E-state index in [1.54, 1.807) is 0 Å². The van der Waals surface area contributed by atoms with Gasteiger partial charge in [-0.15, -0.1) is 0 Å². The zero-order chi connectivity index (χ0) is 14.4. The molecule has 0 radical (unpaired) electrons. The van der Waals surface area contributed by atoms with Gasteiger partial charge in [0.05, 0.1) is 0 Å². The smallest absolute Gasteiger partial charge is 0.275 e. The number of nitrogens with two attached hydrogens (primary N) is 1. The van der Waals surface area contributed by atoms with Gasteiger partial charge in [-0.05, 0) is 36.0 Å². The number of amides is 1. The highest BCUT2D eigenvalue weighted by atomic mass is 16.5. The SMILES string of the molecule is CCC(C)c1ccc(OC(C(=O)NN)C(C)C)cc1. The second kappa shape index (κ2) is 7.14. The van der Waals surface area contributed by atoms with Crippen LogP contribution in [0.3, 0.4) is 0 Å². The number of benzene rings is 1. The summed E-state index contributed by atoms with van der Waals surface area (Å²) >= 11 is 0. The number of carbonyl (C=O) groups excluding carboxylic acids is 1. The molecule has 0 bridgehead atoms. The van der Waals surface area contributed by atoms with E-state index in [1.807, 2.05) is 38.1 Å². The van der Waals surface area contributed by atoms with Gasteiger partial charge in [0.1, 0.15) is 5.75 Å². The molecule has 0 aromatic heterocycles. The van der Waals surface area contributed by atoms with Gasteiger partial charge in [-0.25, -0.2) is 5.84 Å². The summed E-state index contributed by atoms with van der Waals surface area (Å²) in [6.07, 6.45) is 0.532. The summed E-state index contributed by atoms with van der Waals surface area (Å²) in [4.78, 5) is 11.6. The van der Waals surface area contributed by atoms with Crippen LogP contribution in [0.4, 0.5) is 0 Å². The van der Waals surface area contributed by atoms with Crippen molar-refractivity contribution in [2.75, 3.05) is 0 Å². The standard InChI is InChI=1S/C15H24N2O2/c1-5-11(4)12-6-8-13(9-7-12)19-14(10(2)3)15(18)17-16/h6-11,14H,5,16H2,1-4H3,(H,17,18). The molecule has 19 heavy (non-hydrogen) atoms. The molecule has 0 saturated heterocycles. The number of carbonyl (C=O) groups is 1. The van der Waals surface area contributed by atoms with Crippen LogP contribution >= 0.6 is 0 Å². The molecule has 1 aromatic rings. The molecule has 4 heteroatoms. The highest BCUT2D eigenvalue weighted by Gasteiger charge is 2.23. The molecule has 1 amide bonds. The summed E-state index contributed by atoms with van der Waals surface area (Å²) in [5, 5.41) is 0. The minimum atomic E-state index is -0.570. The van der Waals surface area contributed by atoms with Gasteiger partial charge < -0.3 is 4.74 Å². The zero-order valence-electron chi connectivity index (χ0n) is 12.1. The topological polar surface area (TPSA) is 64.3 Å². The average molecular weight is 264 g/mol. The minimum absolute atomic E-state index is 0.0535. The lowest BCUT2D eigenvalue weighted by atomic mass is 9.99. The predicted molar refractivity (Wildman–Crippen MR) is 76.7 cm³/mol. The second-order valence-corrected chi connectivity index (χ2v) is 5.17. The maximum atomic E-state index is 11.6. The Labute approximate surface area is 115 Å². The van der Waals surface area contributed by atoms with Crippen LogP contribution in [0.25, 0.3) is 0 Å². The number of hydrazine groups is 1. The summed E-state index contributed by atoms with van der Waals surface area (Å²) < 4.78 is 5.70. The fourth-order valence-corrected chi connectivity index (χ4v) is 1.83. The second-order valence-electron chi connectivity index (χ2n) is 5.17. The number of hydrogen-bond acceptors (Lipinski definition) is 3. The first-order valence-electron chi connectivity index (χ1n) is 6.76. The van der Waals surface area contributed by atoms with E-state index in [0.717, 1.165) is 6.42 Å². The fraction of sp³-hybridized carbons (Fsp3) is 0.533. The van der Waals surface area contributed by atoms with Crippen LogP contribution in [0.15, 0.2) is 24.3 Å². The number of ether oxygens (including phenoxy) is 1. The molecule has 1 aromatic carbocycles. The lowest BCUT2D eigenvalue weighted by Gasteiger charge is -2.21. The van der Waals surface area contributed by atoms with Crippen LogP contribution < -0.4 is 16.0 Å². The van der Waals surface area contributed by atoms with Gasteiger partial charge in [-0.3, -0.25) is 10.2 Å². The molecular weight excluding hydrogens is 240 g/mol. The van der Waals surface area contributed by atoms with E-state index in [4.69, 9.17) is 10.6 Å². The Balaban J connectivity index is 2.78. The van der Waals surface area contributed by atoms with Gasteiger partial charge >= 0.3 is 0 Å². The molecule has 0 aliphatic heterocycles. The van der Waals surface area contributed by atoms with E-state index in [-0.39, 0.29) is 11.8 Å². The van der Waals surface area contributed by atoms with Crippen LogP contribution in [0.5, 0.6) is 5.75 Å². The van der Waals surface area contributed by atoms with Gasteiger partial charge in [0, 0.05) is 0 Å². The van der Waals surface area contributed by atoms with E-state index in [9.17, 15) is 4.79 Å². The summed E-state index contributed by atoms with van der Waals surface area (Å²) in [6, 6.07) is 7.89. The normalized spacial score (nSPS) is 14.0. The Kier molecular flexibility index (Phi) is 5.83. The monoisotopic (exact) mass is 264 g/mol. The van der Waals surface area contributed by atoms with E-state index in [2.05, 4.69) is 19.3 Å². The van der Waals surface area contributed by atoms with Gasteiger partial charge in [0.15, 0.2) is 6.10 Å². The summed E-state index contributed by atoms with van der Waals surface area (Å²) in [5.74, 6) is 6.13. The molecule has 4 nitrogen and oxygen atoms in total. The van der Waals surface area contributed by atoms with Crippen molar-refractivity contribution in [1.82, 2.24) is 5.43 Å². The van der Waals surface area contributed by atoms with Crippen LogP contribution in [0.2, 0.25) is 0 Å². The quantitative estimate of drug-likeness (QED) is 0.471. The van der Waals surface area contributed by atoms with Crippen molar-refractivity contribution >= 4 is 5.91 Å². The van der Waals surface area contributed by atoms with E-state index < -0.39 is 6.10 Å². The first-order valence-corrected chi connectivity index (χ1v) is 6.76. The van der Waals surface area contributed by atoms with E-state index in [0.29, 0.717) is 11.7 Å². The van der Waals surface area contributed by atoms with Crippen LogP contribution in [-0.2, 0) is 4.79 Å². The van der Waals surface area contributed by atoms with Crippen LogP contribution in [0.1, 0.15) is 45.6 Å². The number of rotatable bonds is 6. The molecule has 0 spiro atoms. The lowest BCUT2D eigenvalue weighted by molar-refractivity contribution is -0.129. The van der Waals surface area contributed by atoms with Crippen LogP contribution in [0, 0.1) is 5.92 Å². The molecule has 0 aliphatic carbocycles. The molecule has 0 heterocycles. The Morgan fingerprint density at radius 1 is 1.26 bits per heavy atom. The third-order valence-electron chi connectivity index (χ3n) is 3.33. The fourth-order valence-electron chi connectivity index (χ4n) is 1.83. The van der Waals surface area contributed by atoms with Crippen molar-refractivity contribution in [3.05, 3.63) is 29.8 Å². The van der Waals surface area contributed by atoms with Gasteiger partial charge in [-0.2, -0.15) is 0 Å². The molecule has 1 rings (SSSR count). The first-order chi connectivity index (χ1) is 8.99. The number of hydrogen-bond donors (Lipinski definition) is 2. The van der Waals surface area contributed by atoms with Crippen molar-refractivity contribution in [3.8, 4) is 5.75 Å². The number of nitrogens with one attached hydrogen (secondary N) is 1. The largest absolute Gasteiger partial charge is 0.480 e. The zero-order valence-corrected chi connectivity index (χ0v) is 12.1. The van der Waals surface area contributed by atoms with Crippen molar-refractivity contribution in [2.24, 2.45) is 11.8 Å². The van der Waals surface area contributed by atoms with Crippen molar-refractivity contribution in [1.29, 1.82) is 0 Å². The highest BCUT2D eigenvalue weighted by molar-refractivity contribution is 5.80. The molecule has 2 atom stereocenters. The van der Waals surface area contributed by atoms with Gasteiger partial charge in [0.25, 0.3) is 5.91 Å². The Morgan fingerprint density at radius 3 is 2.26 bits per heavy atom. The summed E-state index contributed by atoms with van der Waals surface area (Å²) in [6.45, 7) is 8.20. The average Bonchev–Trinajstić information content (AvgIpc) is 2.43. The van der Waals surface area contributed by atoms with Crippen molar-refractivity contribution in [3.63, 3.8) is 0 Å². The molecular formula is C15H24N2O2. The van der Waals surface area contributed by atoms with E-state index >= 15 is 0 Å². The van der Waals surface area contributed by atoms with Gasteiger partial charge in [0.2, 0.25) is 0 Å². The Bertz CT molecular complexity index is 401.